The number of rotatable bonds is 2. The molecular weight excluding hydrogens is 162 g/mol. The Morgan fingerprint density at radius 3 is 2.69 bits per heavy atom. The molecule has 0 aromatic rings. The van der Waals surface area contributed by atoms with Crippen LogP contribution in [0.15, 0.2) is 12.2 Å². The van der Waals surface area contributed by atoms with Crippen LogP contribution in [0.1, 0.15) is 38.5 Å². The number of hydrogen-bond acceptors (Lipinski definition) is 2. The van der Waals surface area contributed by atoms with Crippen molar-refractivity contribution in [3.8, 4) is 0 Å². The lowest BCUT2D eigenvalue weighted by atomic mass is 10.0. The molecule has 1 saturated carbocycles. The molecule has 0 aromatic carbocycles. The molecule has 2 nitrogen and oxygen atoms in total. The van der Waals surface area contributed by atoms with Crippen molar-refractivity contribution in [3.05, 3.63) is 12.2 Å². The van der Waals surface area contributed by atoms with Crippen molar-refractivity contribution >= 4 is 0 Å². The van der Waals surface area contributed by atoms with E-state index in [-0.39, 0.29) is 6.10 Å². The van der Waals surface area contributed by atoms with Crippen LogP contribution < -0.4 is 5.32 Å². The van der Waals surface area contributed by atoms with Crippen LogP contribution in [0.25, 0.3) is 0 Å². The Balaban J connectivity index is 1.79. The van der Waals surface area contributed by atoms with Gasteiger partial charge in [0, 0.05) is 12.1 Å². The number of hydrogen-bond donors (Lipinski definition) is 2. The lowest BCUT2D eigenvalue weighted by molar-refractivity contribution is 0.141. The highest BCUT2D eigenvalue weighted by atomic mass is 16.3. The van der Waals surface area contributed by atoms with E-state index in [0.29, 0.717) is 12.1 Å². The minimum Gasteiger partial charge on any atom is -0.392 e. The van der Waals surface area contributed by atoms with Crippen LogP contribution in [0, 0.1) is 0 Å². The molecule has 1 fully saturated rings. The number of nitrogens with one attached hydrogen (secondary N) is 1. The Labute approximate surface area is 80.0 Å². The molecule has 3 atom stereocenters. The van der Waals surface area contributed by atoms with E-state index in [9.17, 15) is 5.11 Å². The molecule has 2 aliphatic rings. The van der Waals surface area contributed by atoms with Crippen molar-refractivity contribution in [1.29, 1.82) is 0 Å². The zero-order chi connectivity index (χ0) is 9.10. The van der Waals surface area contributed by atoms with Gasteiger partial charge in [0.1, 0.15) is 0 Å². The fraction of sp³-hybridized carbons (Fsp3) is 0.818. The molecule has 1 unspecified atom stereocenters. The van der Waals surface area contributed by atoms with E-state index >= 15 is 0 Å². The minimum absolute atomic E-state index is 0.0918. The minimum atomic E-state index is -0.0918. The van der Waals surface area contributed by atoms with Gasteiger partial charge < -0.3 is 10.4 Å². The third-order valence-corrected chi connectivity index (χ3v) is 3.20. The summed E-state index contributed by atoms with van der Waals surface area (Å²) < 4.78 is 0. The van der Waals surface area contributed by atoms with Crippen LogP contribution in [0.4, 0.5) is 0 Å². The molecule has 2 heteroatoms. The maximum absolute atomic E-state index is 9.64. The van der Waals surface area contributed by atoms with Gasteiger partial charge in [-0.3, -0.25) is 0 Å². The van der Waals surface area contributed by atoms with Gasteiger partial charge in [0.15, 0.2) is 0 Å². The zero-order valence-corrected chi connectivity index (χ0v) is 8.08. The molecule has 0 aromatic heterocycles. The maximum atomic E-state index is 9.64. The number of aliphatic hydroxyl groups is 1. The molecule has 13 heavy (non-hydrogen) atoms. The van der Waals surface area contributed by atoms with Crippen molar-refractivity contribution in [2.24, 2.45) is 0 Å². The van der Waals surface area contributed by atoms with Gasteiger partial charge in [0.25, 0.3) is 0 Å². The Kier molecular flexibility index (Phi) is 3.01. The highest BCUT2D eigenvalue weighted by Crippen LogP contribution is 2.21. The van der Waals surface area contributed by atoms with E-state index in [0.717, 1.165) is 19.3 Å². The SMILES string of the molecule is O[C@@H]1CCC[C@H]1NC1CC=CCC1. The molecule has 0 heterocycles. The largest absolute Gasteiger partial charge is 0.392 e. The number of allylic oxidation sites excluding steroid dienone is 1. The fourth-order valence-electron chi connectivity index (χ4n) is 2.38. The Bertz CT molecular complexity index is 191. The Morgan fingerprint density at radius 2 is 2.08 bits per heavy atom. The third kappa shape index (κ3) is 2.32. The second-order valence-electron chi connectivity index (χ2n) is 4.25. The molecule has 0 spiro atoms. The highest BCUT2D eigenvalue weighted by Gasteiger charge is 2.26. The molecule has 0 radical (unpaired) electrons. The predicted octanol–water partition coefficient (Wildman–Crippen LogP) is 1.60. The fourth-order valence-corrected chi connectivity index (χ4v) is 2.38. The van der Waals surface area contributed by atoms with Gasteiger partial charge >= 0.3 is 0 Å². The highest BCUT2D eigenvalue weighted by molar-refractivity contribution is 4.95. The zero-order valence-electron chi connectivity index (χ0n) is 8.08. The quantitative estimate of drug-likeness (QED) is 0.634. The summed E-state index contributed by atoms with van der Waals surface area (Å²) in [6.07, 6.45) is 11.3. The van der Waals surface area contributed by atoms with Crippen molar-refractivity contribution in [1.82, 2.24) is 5.32 Å². The maximum Gasteiger partial charge on any atom is 0.0693 e. The normalized spacial score (nSPS) is 39.6. The monoisotopic (exact) mass is 181 g/mol. The van der Waals surface area contributed by atoms with Crippen LogP contribution in [0.5, 0.6) is 0 Å². The molecule has 74 valence electrons. The average molecular weight is 181 g/mol. The van der Waals surface area contributed by atoms with Gasteiger partial charge in [-0.15, -0.1) is 0 Å². The molecule has 0 aliphatic heterocycles. The summed E-state index contributed by atoms with van der Waals surface area (Å²) in [7, 11) is 0. The van der Waals surface area contributed by atoms with Crippen molar-refractivity contribution in [2.45, 2.75) is 56.7 Å². The summed E-state index contributed by atoms with van der Waals surface area (Å²) in [5, 5.41) is 13.2. The topological polar surface area (TPSA) is 32.3 Å². The summed E-state index contributed by atoms with van der Waals surface area (Å²) >= 11 is 0. The molecule has 2 aliphatic carbocycles. The summed E-state index contributed by atoms with van der Waals surface area (Å²) in [6, 6.07) is 0.985. The lowest BCUT2D eigenvalue weighted by Gasteiger charge is -2.25. The Morgan fingerprint density at radius 1 is 1.15 bits per heavy atom. The summed E-state index contributed by atoms with van der Waals surface area (Å²) in [6.45, 7) is 0. The van der Waals surface area contributed by atoms with Crippen LogP contribution in [-0.4, -0.2) is 23.3 Å². The van der Waals surface area contributed by atoms with Crippen LogP contribution in [0.3, 0.4) is 0 Å². The first-order valence-electron chi connectivity index (χ1n) is 5.45. The number of aliphatic hydroxyl groups excluding tert-OH is 1. The van der Waals surface area contributed by atoms with Gasteiger partial charge in [0.05, 0.1) is 6.10 Å². The van der Waals surface area contributed by atoms with Gasteiger partial charge in [-0.2, -0.15) is 0 Å². The van der Waals surface area contributed by atoms with E-state index < -0.39 is 0 Å². The van der Waals surface area contributed by atoms with Crippen molar-refractivity contribution in [2.75, 3.05) is 0 Å². The second-order valence-corrected chi connectivity index (χ2v) is 4.25. The van der Waals surface area contributed by atoms with E-state index in [1.54, 1.807) is 0 Å². The van der Waals surface area contributed by atoms with Gasteiger partial charge in [-0.25, -0.2) is 0 Å². The average Bonchev–Trinajstić information content (AvgIpc) is 2.54. The second kappa shape index (κ2) is 4.25. The van der Waals surface area contributed by atoms with E-state index in [2.05, 4.69) is 17.5 Å². The molecule has 0 amide bonds. The molecule has 0 saturated heterocycles. The van der Waals surface area contributed by atoms with E-state index in [1.165, 1.54) is 19.3 Å². The van der Waals surface area contributed by atoms with E-state index in [4.69, 9.17) is 0 Å². The van der Waals surface area contributed by atoms with Crippen LogP contribution in [-0.2, 0) is 0 Å². The molecule has 2 rings (SSSR count). The standard InChI is InChI=1S/C11H19NO/c13-11-8-4-7-10(11)12-9-5-2-1-3-6-9/h1-2,9-13H,3-8H2/t9?,10-,11-/m1/s1. The molecular formula is C11H19NO. The van der Waals surface area contributed by atoms with Gasteiger partial charge in [-0.1, -0.05) is 12.2 Å². The smallest absolute Gasteiger partial charge is 0.0693 e. The first-order valence-corrected chi connectivity index (χ1v) is 5.45. The molecule has 2 N–H and O–H groups in total. The van der Waals surface area contributed by atoms with Gasteiger partial charge in [-0.05, 0) is 38.5 Å². The lowest BCUT2D eigenvalue weighted by Crippen LogP contribution is -2.42. The first-order chi connectivity index (χ1) is 6.36. The van der Waals surface area contributed by atoms with Crippen molar-refractivity contribution in [3.63, 3.8) is 0 Å². The summed E-state index contributed by atoms with van der Waals surface area (Å²) in [5.41, 5.74) is 0. The predicted molar refractivity (Wildman–Crippen MR) is 53.6 cm³/mol. The first kappa shape index (κ1) is 9.22. The van der Waals surface area contributed by atoms with Crippen LogP contribution >= 0.6 is 0 Å². The molecule has 0 bridgehead atoms. The summed E-state index contributed by atoms with van der Waals surface area (Å²) in [5.74, 6) is 0. The van der Waals surface area contributed by atoms with Gasteiger partial charge in [0.2, 0.25) is 0 Å². The van der Waals surface area contributed by atoms with Crippen molar-refractivity contribution < 1.29 is 5.11 Å². The van der Waals surface area contributed by atoms with Crippen LogP contribution in [0.2, 0.25) is 0 Å². The summed E-state index contributed by atoms with van der Waals surface area (Å²) in [4.78, 5) is 0. The van der Waals surface area contributed by atoms with E-state index in [1.807, 2.05) is 0 Å². The Hall–Kier alpha value is -0.340. The third-order valence-electron chi connectivity index (χ3n) is 3.20.